The lowest BCUT2D eigenvalue weighted by molar-refractivity contribution is -0.139. The number of carbonyl (C=O) groups is 2. The Hall–Kier alpha value is -4.12. The maximum Gasteiger partial charge on any atom is 0.264 e. The van der Waals surface area contributed by atoms with Crippen LogP contribution in [0, 0.1) is 12.7 Å². The summed E-state index contributed by atoms with van der Waals surface area (Å²) in [5.41, 5.74) is 1.19. The highest BCUT2D eigenvalue weighted by Gasteiger charge is 2.33. The van der Waals surface area contributed by atoms with E-state index in [1.54, 1.807) is 18.2 Å². The molecule has 3 aromatic carbocycles. The van der Waals surface area contributed by atoms with E-state index in [4.69, 9.17) is 9.47 Å². The highest BCUT2D eigenvalue weighted by Crippen LogP contribution is 2.34. The number of ether oxygens (including phenoxy) is 2. The molecule has 0 spiro atoms. The fourth-order valence-corrected chi connectivity index (χ4v) is 5.61. The number of benzene rings is 3. The van der Waals surface area contributed by atoms with Gasteiger partial charge in [0.2, 0.25) is 11.8 Å². The van der Waals surface area contributed by atoms with E-state index in [1.165, 1.54) is 74.6 Å². The summed E-state index contributed by atoms with van der Waals surface area (Å²) in [5.74, 6) is -1.05. The molecule has 0 aromatic heterocycles. The molecule has 226 valence electrons. The van der Waals surface area contributed by atoms with Gasteiger partial charge in [-0.3, -0.25) is 13.9 Å². The molecule has 9 nitrogen and oxygen atoms in total. The lowest BCUT2D eigenvalue weighted by atomic mass is 10.1. The Morgan fingerprint density at radius 2 is 1.60 bits per heavy atom. The normalized spacial score (nSPS) is 12.6. The van der Waals surface area contributed by atoms with Gasteiger partial charge in [-0.15, -0.1) is 0 Å². The van der Waals surface area contributed by atoms with Gasteiger partial charge in [-0.2, -0.15) is 0 Å². The summed E-state index contributed by atoms with van der Waals surface area (Å²) in [6.07, 6.45) is 0.668. The molecule has 0 aliphatic carbocycles. The Bertz CT molecular complexity index is 1500. The molecule has 0 bridgehead atoms. The molecular formula is C31H38FN3O6S. The fourth-order valence-electron chi connectivity index (χ4n) is 4.20. The van der Waals surface area contributed by atoms with Gasteiger partial charge in [0.1, 0.15) is 18.4 Å². The Kier molecular flexibility index (Phi) is 10.9. The number of hydrogen-bond acceptors (Lipinski definition) is 6. The number of rotatable bonds is 13. The Morgan fingerprint density at radius 3 is 2.19 bits per heavy atom. The molecule has 0 aliphatic rings. The van der Waals surface area contributed by atoms with E-state index in [9.17, 15) is 22.4 Å². The number of hydrogen-bond donors (Lipinski definition) is 1. The molecule has 2 atom stereocenters. The molecule has 0 aliphatic heterocycles. The zero-order valence-electron chi connectivity index (χ0n) is 24.8. The Labute approximate surface area is 247 Å². The first kappa shape index (κ1) is 32.4. The number of carbonyl (C=O) groups excluding carboxylic acids is 2. The van der Waals surface area contributed by atoms with Crippen molar-refractivity contribution in [3.63, 3.8) is 0 Å². The van der Waals surface area contributed by atoms with Crippen LogP contribution in [0.15, 0.2) is 71.6 Å². The Morgan fingerprint density at radius 1 is 0.952 bits per heavy atom. The van der Waals surface area contributed by atoms with Crippen molar-refractivity contribution >= 4 is 27.5 Å². The van der Waals surface area contributed by atoms with Gasteiger partial charge in [0.25, 0.3) is 10.0 Å². The van der Waals surface area contributed by atoms with Crippen LogP contribution in [0.5, 0.6) is 11.5 Å². The van der Waals surface area contributed by atoms with Crippen LogP contribution in [0.1, 0.15) is 38.3 Å². The van der Waals surface area contributed by atoms with Crippen LogP contribution in [0.3, 0.4) is 0 Å². The van der Waals surface area contributed by atoms with Crippen molar-refractivity contribution < 1.29 is 31.9 Å². The molecule has 3 rings (SSSR count). The van der Waals surface area contributed by atoms with Crippen LogP contribution in [-0.2, 0) is 26.2 Å². The van der Waals surface area contributed by atoms with Gasteiger partial charge >= 0.3 is 0 Å². The van der Waals surface area contributed by atoms with E-state index < -0.39 is 40.2 Å². The zero-order chi connectivity index (χ0) is 31.0. The van der Waals surface area contributed by atoms with Crippen LogP contribution < -0.4 is 19.1 Å². The molecule has 42 heavy (non-hydrogen) atoms. The molecule has 0 radical (unpaired) electrons. The van der Waals surface area contributed by atoms with Crippen molar-refractivity contribution in [2.75, 3.05) is 25.1 Å². The topological polar surface area (TPSA) is 105 Å². The number of methoxy groups -OCH3 is 2. The van der Waals surface area contributed by atoms with Crippen LogP contribution in [0.2, 0.25) is 0 Å². The predicted octanol–water partition coefficient (Wildman–Crippen LogP) is 4.68. The second-order valence-electron chi connectivity index (χ2n) is 9.97. The number of halogens is 1. The van der Waals surface area contributed by atoms with E-state index in [0.717, 1.165) is 9.87 Å². The number of amides is 2. The van der Waals surface area contributed by atoms with Gasteiger partial charge in [0.05, 0.1) is 24.8 Å². The lowest BCUT2D eigenvalue weighted by Crippen LogP contribution is -2.52. The van der Waals surface area contributed by atoms with E-state index in [-0.39, 0.29) is 34.5 Å². The summed E-state index contributed by atoms with van der Waals surface area (Å²) in [5, 5.41) is 2.85. The molecule has 0 saturated heterocycles. The van der Waals surface area contributed by atoms with Gasteiger partial charge in [-0.05, 0) is 57.5 Å². The minimum absolute atomic E-state index is 0.0288. The summed E-state index contributed by atoms with van der Waals surface area (Å²) >= 11 is 0. The van der Waals surface area contributed by atoms with Crippen molar-refractivity contribution in [3.8, 4) is 11.5 Å². The predicted molar refractivity (Wildman–Crippen MR) is 160 cm³/mol. The van der Waals surface area contributed by atoms with Crippen LogP contribution in [0.4, 0.5) is 10.1 Å². The molecule has 3 aromatic rings. The van der Waals surface area contributed by atoms with Gasteiger partial charge in [0.15, 0.2) is 11.5 Å². The first-order chi connectivity index (χ1) is 19.9. The second kappa shape index (κ2) is 14.2. The minimum atomic E-state index is -4.28. The van der Waals surface area contributed by atoms with Crippen molar-refractivity contribution in [2.24, 2.45) is 0 Å². The lowest BCUT2D eigenvalue weighted by Gasteiger charge is -2.32. The molecule has 0 heterocycles. The van der Waals surface area contributed by atoms with Crippen LogP contribution in [-0.4, -0.2) is 58.0 Å². The number of sulfonamides is 1. The minimum Gasteiger partial charge on any atom is -0.493 e. The summed E-state index contributed by atoms with van der Waals surface area (Å²) < 4.78 is 54.3. The molecule has 11 heteroatoms. The SMILES string of the molecule is CC[C@@H](C)NC(=O)[C@H](C)N(Cc1ccccc1F)C(=O)CN(c1ccc(OC)c(OC)c1)S(=O)(=O)c1ccc(C)cc1. The van der Waals surface area contributed by atoms with E-state index in [2.05, 4.69) is 5.32 Å². The first-order valence-electron chi connectivity index (χ1n) is 13.6. The highest BCUT2D eigenvalue weighted by molar-refractivity contribution is 7.92. The van der Waals surface area contributed by atoms with Crippen LogP contribution >= 0.6 is 0 Å². The summed E-state index contributed by atoms with van der Waals surface area (Å²) in [7, 11) is -1.41. The number of aryl methyl sites for hydroxylation is 1. The Balaban J connectivity index is 2.10. The molecule has 0 fully saturated rings. The van der Waals surface area contributed by atoms with Crippen molar-refractivity contribution in [3.05, 3.63) is 83.7 Å². The average molecular weight is 600 g/mol. The summed E-state index contributed by atoms with van der Waals surface area (Å²) in [6, 6.07) is 15.5. The third kappa shape index (κ3) is 7.58. The summed E-state index contributed by atoms with van der Waals surface area (Å²) in [6.45, 7) is 6.20. The highest BCUT2D eigenvalue weighted by atomic mass is 32.2. The van der Waals surface area contributed by atoms with E-state index in [0.29, 0.717) is 12.2 Å². The smallest absolute Gasteiger partial charge is 0.264 e. The van der Waals surface area contributed by atoms with Crippen molar-refractivity contribution in [2.45, 2.75) is 57.6 Å². The number of nitrogens with zero attached hydrogens (tertiary/aromatic N) is 2. The van der Waals surface area contributed by atoms with Gasteiger partial charge in [0, 0.05) is 24.2 Å². The van der Waals surface area contributed by atoms with Crippen molar-refractivity contribution in [1.29, 1.82) is 0 Å². The third-order valence-corrected chi connectivity index (χ3v) is 8.80. The number of nitrogens with one attached hydrogen (secondary N) is 1. The maximum absolute atomic E-state index is 14.7. The van der Waals surface area contributed by atoms with Gasteiger partial charge in [-0.25, -0.2) is 12.8 Å². The van der Waals surface area contributed by atoms with Crippen LogP contribution in [0.25, 0.3) is 0 Å². The molecule has 0 saturated carbocycles. The largest absolute Gasteiger partial charge is 0.493 e. The second-order valence-corrected chi connectivity index (χ2v) is 11.8. The first-order valence-corrected chi connectivity index (χ1v) is 15.0. The molecule has 1 N–H and O–H groups in total. The average Bonchev–Trinajstić information content (AvgIpc) is 2.98. The fraction of sp³-hybridized carbons (Fsp3) is 0.355. The quantitative estimate of drug-likeness (QED) is 0.306. The zero-order valence-corrected chi connectivity index (χ0v) is 25.6. The third-order valence-electron chi connectivity index (χ3n) is 7.01. The van der Waals surface area contributed by atoms with Gasteiger partial charge < -0.3 is 19.7 Å². The van der Waals surface area contributed by atoms with E-state index >= 15 is 0 Å². The number of anilines is 1. The molecular weight excluding hydrogens is 561 g/mol. The molecule has 0 unspecified atom stereocenters. The van der Waals surface area contributed by atoms with Gasteiger partial charge in [-0.1, -0.05) is 42.8 Å². The molecule has 2 amide bonds. The monoisotopic (exact) mass is 599 g/mol. The standard InChI is InChI=1S/C31H38FN3O6S/c1-7-22(3)33-31(37)23(4)34(19-24-10-8-9-11-27(24)32)30(36)20-35(25-14-17-28(40-5)29(18-25)41-6)42(38,39)26-15-12-21(2)13-16-26/h8-18,22-23H,7,19-20H2,1-6H3,(H,33,37)/t22-,23+/m1/s1. The maximum atomic E-state index is 14.7. The van der Waals surface area contributed by atoms with Crippen molar-refractivity contribution in [1.82, 2.24) is 10.2 Å². The van der Waals surface area contributed by atoms with E-state index in [1.807, 2.05) is 20.8 Å². The summed E-state index contributed by atoms with van der Waals surface area (Å²) in [4.78, 5) is 28.3.